The summed E-state index contributed by atoms with van der Waals surface area (Å²) in [5, 5.41) is 14.3. The lowest BCUT2D eigenvalue weighted by Gasteiger charge is -2.22. The Morgan fingerprint density at radius 2 is 2.17 bits per heavy atom. The number of benzene rings is 1. The SMILES string of the molecule is Cc1ccccc1C1CC(C)N(C(=O)NCCc2nnnn2C)C1. The van der Waals surface area contributed by atoms with Crippen molar-refractivity contribution in [3.8, 4) is 0 Å². The van der Waals surface area contributed by atoms with E-state index in [4.69, 9.17) is 0 Å². The molecule has 24 heavy (non-hydrogen) atoms. The monoisotopic (exact) mass is 328 g/mol. The maximum absolute atomic E-state index is 12.5. The van der Waals surface area contributed by atoms with Crippen LogP contribution in [0.15, 0.2) is 24.3 Å². The summed E-state index contributed by atoms with van der Waals surface area (Å²) in [6.07, 6.45) is 1.63. The third kappa shape index (κ3) is 3.39. The average Bonchev–Trinajstić information content (AvgIpc) is 3.14. The first-order valence-electron chi connectivity index (χ1n) is 8.37. The quantitative estimate of drug-likeness (QED) is 0.926. The van der Waals surface area contributed by atoms with Crippen LogP contribution in [0.5, 0.6) is 0 Å². The van der Waals surface area contributed by atoms with E-state index in [1.165, 1.54) is 11.1 Å². The fourth-order valence-electron chi connectivity index (χ4n) is 3.43. The molecule has 2 amide bonds. The summed E-state index contributed by atoms with van der Waals surface area (Å²) in [5.74, 6) is 1.18. The maximum atomic E-state index is 12.5. The average molecular weight is 328 g/mol. The molecule has 2 unspecified atom stereocenters. The molecule has 0 spiro atoms. The first-order valence-corrected chi connectivity index (χ1v) is 8.37. The van der Waals surface area contributed by atoms with Gasteiger partial charge in [-0.1, -0.05) is 24.3 Å². The molecule has 1 aliphatic heterocycles. The predicted octanol–water partition coefficient (Wildman–Crippen LogP) is 1.65. The fourth-order valence-corrected chi connectivity index (χ4v) is 3.43. The molecule has 128 valence electrons. The molecule has 2 atom stereocenters. The molecule has 0 aliphatic carbocycles. The zero-order valence-electron chi connectivity index (χ0n) is 14.4. The van der Waals surface area contributed by atoms with Gasteiger partial charge in [0.15, 0.2) is 5.82 Å². The van der Waals surface area contributed by atoms with Gasteiger partial charge in [-0.2, -0.15) is 0 Å². The number of tetrazole rings is 1. The highest BCUT2D eigenvalue weighted by molar-refractivity contribution is 5.75. The zero-order chi connectivity index (χ0) is 17.1. The molecule has 2 heterocycles. The molecule has 0 radical (unpaired) electrons. The van der Waals surface area contributed by atoms with Crippen LogP contribution in [0.3, 0.4) is 0 Å². The number of aromatic nitrogens is 4. The van der Waals surface area contributed by atoms with Crippen molar-refractivity contribution >= 4 is 6.03 Å². The van der Waals surface area contributed by atoms with Crippen molar-refractivity contribution in [3.63, 3.8) is 0 Å². The minimum Gasteiger partial charge on any atom is -0.338 e. The van der Waals surface area contributed by atoms with Gasteiger partial charge in [0, 0.05) is 38.5 Å². The van der Waals surface area contributed by atoms with E-state index in [0.717, 1.165) is 18.8 Å². The van der Waals surface area contributed by atoms with Gasteiger partial charge in [0.25, 0.3) is 0 Å². The van der Waals surface area contributed by atoms with E-state index >= 15 is 0 Å². The number of hydrogen-bond acceptors (Lipinski definition) is 4. The number of carbonyl (C=O) groups excluding carboxylic acids is 1. The summed E-state index contributed by atoms with van der Waals surface area (Å²) in [6, 6.07) is 8.68. The molecule has 2 aromatic rings. The number of aryl methyl sites for hydroxylation is 2. The van der Waals surface area contributed by atoms with E-state index in [-0.39, 0.29) is 12.1 Å². The van der Waals surface area contributed by atoms with Crippen LogP contribution in [0.2, 0.25) is 0 Å². The van der Waals surface area contributed by atoms with Crippen molar-refractivity contribution in [3.05, 3.63) is 41.2 Å². The van der Waals surface area contributed by atoms with Crippen LogP contribution in [-0.4, -0.2) is 50.3 Å². The molecule has 0 saturated carbocycles. The van der Waals surface area contributed by atoms with Crippen molar-refractivity contribution in [1.29, 1.82) is 0 Å². The van der Waals surface area contributed by atoms with Gasteiger partial charge in [-0.25, -0.2) is 9.48 Å². The third-order valence-electron chi connectivity index (χ3n) is 4.80. The Balaban J connectivity index is 1.56. The van der Waals surface area contributed by atoms with E-state index in [1.807, 2.05) is 4.90 Å². The Kier molecular flexibility index (Phi) is 4.78. The molecule has 7 nitrogen and oxygen atoms in total. The van der Waals surface area contributed by atoms with Crippen molar-refractivity contribution in [2.24, 2.45) is 7.05 Å². The highest BCUT2D eigenvalue weighted by Crippen LogP contribution is 2.33. The first kappa shape index (κ1) is 16.4. The Morgan fingerprint density at radius 3 is 2.88 bits per heavy atom. The zero-order valence-corrected chi connectivity index (χ0v) is 14.4. The van der Waals surface area contributed by atoms with Gasteiger partial charge >= 0.3 is 6.03 Å². The second-order valence-corrected chi connectivity index (χ2v) is 6.49. The molecule has 0 bridgehead atoms. The van der Waals surface area contributed by atoms with E-state index < -0.39 is 0 Å². The topological polar surface area (TPSA) is 75.9 Å². The minimum atomic E-state index is -0.00582. The Morgan fingerprint density at radius 1 is 1.38 bits per heavy atom. The second kappa shape index (κ2) is 6.98. The van der Waals surface area contributed by atoms with E-state index in [2.05, 4.69) is 59.0 Å². The van der Waals surface area contributed by atoms with Crippen molar-refractivity contribution < 1.29 is 4.79 Å². The molecule has 7 heteroatoms. The number of carbonyl (C=O) groups is 1. The summed E-state index contributed by atoms with van der Waals surface area (Å²) in [6.45, 7) is 5.55. The van der Waals surface area contributed by atoms with Crippen LogP contribution >= 0.6 is 0 Å². The molecule has 3 rings (SSSR count). The number of urea groups is 1. The normalized spacial score (nSPS) is 20.4. The van der Waals surface area contributed by atoms with Crippen LogP contribution in [0.1, 0.15) is 36.2 Å². The standard InChI is InChI=1S/C17H24N6O/c1-12-6-4-5-7-15(12)14-10-13(2)23(11-14)17(24)18-9-8-16-19-20-21-22(16)3/h4-7,13-14H,8-11H2,1-3H3,(H,18,24). The Hall–Kier alpha value is -2.44. The van der Waals surface area contributed by atoms with Crippen molar-refractivity contribution in [2.75, 3.05) is 13.1 Å². The molecule has 1 aromatic heterocycles. The van der Waals surface area contributed by atoms with Crippen LogP contribution in [0.25, 0.3) is 0 Å². The van der Waals surface area contributed by atoms with Gasteiger partial charge in [0.2, 0.25) is 0 Å². The largest absolute Gasteiger partial charge is 0.338 e. The van der Waals surface area contributed by atoms with Gasteiger partial charge in [0.1, 0.15) is 0 Å². The lowest BCUT2D eigenvalue weighted by atomic mass is 9.93. The van der Waals surface area contributed by atoms with Gasteiger partial charge in [-0.3, -0.25) is 0 Å². The molecule has 1 saturated heterocycles. The van der Waals surface area contributed by atoms with Crippen LogP contribution in [0.4, 0.5) is 4.79 Å². The van der Waals surface area contributed by atoms with Crippen LogP contribution in [-0.2, 0) is 13.5 Å². The number of hydrogen-bond donors (Lipinski definition) is 1. The van der Waals surface area contributed by atoms with Crippen LogP contribution < -0.4 is 5.32 Å². The van der Waals surface area contributed by atoms with Crippen LogP contribution in [0, 0.1) is 6.92 Å². The van der Waals surface area contributed by atoms with Gasteiger partial charge in [-0.05, 0) is 41.8 Å². The summed E-state index contributed by atoms with van der Waals surface area (Å²) < 4.78 is 1.62. The third-order valence-corrected chi connectivity index (χ3v) is 4.80. The molecular formula is C17H24N6O. The fraction of sp³-hybridized carbons (Fsp3) is 0.529. The number of amides is 2. The lowest BCUT2D eigenvalue weighted by Crippen LogP contribution is -2.42. The number of nitrogens with one attached hydrogen (secondary N) is 1. The molecule has 1 N–H and O–H groups in total. The van der Waals surface area contributed by atoms with E-state index in [9.17, 15) is 4.79 Å². The van der Waals surface area contributed by atoms with Gasteiger partial charge in [-0.15, -0.1) is 5.10 Å². The van der Waals surface area contributed by atoms with Gasteiger partial charge in [0.05, 0.1) is 0 Å². The summed E-state index contributed by atoms with van der Waals surface area (Å²) in [7, 11) is 1.80. The number of nitrogens with zero attached hydrogens (tertiary/aromatic N) is 5. The van der Waals surface area contributed by atoms with E-state index in [1.54, 1.807) is 11.7 Å². The summed E-state index contributed by atoms with van der Waals surface area (Å²) in [5.41, 5.74) is 2.65. The Bertz CT molecular complexity index is 713. The second-order valence-electron chi connectivity index (χ2n) is 6.49. The molecule has 1 aromatic carbocycles. The van der Waals surface area contributed by atoms with Crippen molar-refractivity contribution in [2.45, 2.75) is 38.6 Å². The Labute approximate surface area is 142 Å². The smallest absolute Gasteiger partial charge is 0.317 e. The van der Waals surface area contributed by atoms with Crippen molar-refractivity contribution in [1.82, 2.24) is 30.4 Å². The highest BCUT2D eigenvalue weighted by atomic mass is 16.2. The lowest BCUT2D eigenvalue weighted by molar-refractivity contribution is 0.196. The summed E-state index contributed by atoms with van der Waals surface area (Å²) >= 11 is 0. The molecule has 1 fully saturated rings. The predicted molar refractivity (Wildman–Crippen MR) is 90.6 cm³/mol. The summed E-state index contributed by atoms with van der Waals surface area (Å²) in [4.78, 5) is 14.4. The number of rotatable bonds is 4. The molecular weight excluding hydrogens is 304 g/mol. The minimum absolute atomic E-state index is 0.00582. The first-order chi connectivity index (χ1) is 11.6. The van der Waals surface area contributed by atoms with E-state index in [0.29, 0.717) is 18.9 Å². The number of likely N-dealkylation sites (tertiary alicyclic amines) is 1. The molecule has 1 aliphatic rings. The highest BCUT2D eigenvalue weighted by Gasteiger charge is 2.33. The van der Waals surface area contributed by atoms with Gasteiger partial charge < -0.3 is 10.2 Å². The maximum Gasteiger partial charge on any atom is 0.317 e.